The summed E-state index contributed by atoms with van der Waals surface area (Å²) in [5.41, 5.74) is -0.677. The lowest BCUT2D eigenvalue weighted by atomic mass is 10.1. The van der Waals surface area contributed by atoms with Crippen molar-refractivity contribution in [3.8, 4) is 28.3 Å². The Bertz CT molecular complexity index is 1720. The second kappa shape index (κ2) is 10.7. The number of hydrogen-bond acceptors (Lipinski definition) is 6. The average Bonchev–Trinajstić information content (AvgIpc) is 3.40. The lowest BCUT2D eigenvalue weighted by Crippen LogP contribution is -2.43. The molecule has 1 aliphatic rings. The third kappa shape index (κ3) is 5.72. The van der Waals surface area contributed by atoms with Crippen LogP contribution in [0.15, 0.2) is 76.1 Å². The van der Waals surface area contributed by atoms with Gasteiger partial charge in [0.2, 0.25) is 0 Å². The summed E-state index contributed by atoms with van der Waals surface area (Å²) < 4.78 is 93.9. The minimum absolute atomic E-state index is 0.0132. The molecule has 1 atom stereocenters. The van der Waals surface area contributed by atoms with Gasteiger partial charge in [-0.1, -0.05) is 28.9 Å². The third-order valence-corrected chi connectivity index (χ3v) is 8.43. The minimum atomic E-state index is -4.78. The molecule has 0 radical (unpaired) electrons. The Hall–Kier alpha value is -4.10. The highest BCUT2D eigenvalue weighted by Gasteiger charge is 2.37. The molecule has 0 amide bonds. The number of alkyl halides is 3. The maximum absolute atomic E-state index is 14.4. The normalized spacial score (nSPS) is 15.3. The maximum Gasteiger partial charge on any atom is 0.416 e. The number of benzene rings is 3. The molecule has 214 valence electrons. The molecule has 14 heteroatoms. The molecule has 0 spiro atoms. The van der Waals surface area contributed by atoms with E-state index in [4.69, 9.17) is 26.0 Å². The number of aromatic nitrogens is 1. The van der Waals surface area contributed by atoms with Gasteiger partial charge in [-0.2, -0.15) is 13.2 Å². The van der Waals surface area contributed by atoms with Crippen molar-refractivity contribution in [1.82, 2.24) is 5.16 Å². The van der Waals surface area contributed by atoms with Crippen molar-refractivity contribution in [2.24, 2.45) is 0 Å². The van der Waals surface area contributed by atoms with Crippen LogP contribution in [0.1, 0.15) is 18.4 Å². The molecule has 0 aliphatic carbocycles. The summed E-state index contributed by atoms with van der Waals surface area (Å²) in [7, 11) is -4.58. The molecule has 1 aromatic heterocycles. The molecule has 1 unspecified atom stereocenters. The third-order valence-electron chi connectivity index (χ3n) is 6.34. The number of aliphatic carboxylic acids is 1. The first-order valence-electron chi connectivity index (χ1n) is 12.0. The van der Waals surface area contributed by atoms with E-state index in [-0.39, 0.29) is 52.9 Å². The summed E-state index contributed by atoms with van der Waals surface area (Å²) >= 11 is 6.11. The van der Waals surface area contributed by atoms with Crippen molar-refractivity contribution in [2.45, 2.75) is 30.0 Å². The maximum atomic E-state index is 14.4. The number of fused-ring (bicyclic) bond motifs is 1. The van der Waals surface area contributed by atoms with Crippen LogP contribution in [0.3, 0.4) is 0 Å². The smallest absolute Gasteiger partial charge is 0.416 e. The van der Waals surface area contributed by atoms with Gasteiger partial charge in [0, 0.05) is 18.1 Å². The molecule has 8 nitrogen and oxygen atoms in total. The van der Waals surface area contributed by atoms with Gasteiger partial charge in [-0.25, -0.2) is 12.8 Å². The van der Waals surface area contributed by atoms with E-state index >= 15 is 0 Å². The fourth-order valence-electron chi connectivity index (χ4n) is 4.36. The Balaban J connectivity index is 1.57. The van der Waals surface area contributed by atoms with Gasteiger partial charge in [-0.05, 0) is 55.0 Å². The number of carboxylic acids is 1. The van der Waals surface area contributed by atoms with Crippen LogP contribution in [0.4, 0.5) is 23.2 Å². The second-order valence-electron chi connectivity index (χ2n) is 9.09. The van der Waals surface area contributed by atoms with E-state index in [2.05, 4.69) is 5.16 Å². The minimum Gasteiger partial charge on any atom is -0.486 e. The number of carbonyl (C=O) groups is 1. The summed E-state index contributed by atoms with van der Waals surface area (Å²) in [5.74, 6) is -1.70. The van der Waals surface area contributed by atoms with Crippen LogP contribution >= 0.6 is 11.6 Å². The average molecular weight is 611 g/mol. The monoisotopic (exact) mass is 610 g/mol. The van der Waals surface area contributed by atoms with E-state index in [9.17, 15) is 30.8 Å². The zero-order valence-electron chi connectivity index (χ0n) is 20.7. The van der Waals surface area contributed by atoms with Crippen LogP contribution in [-0.2, 0) is 21.0 Å². The number of carboxylic acid groups (broad SMARTS) is 1. The fourth-order valence-corrected chi connectivity index (χ4v) is 6.16. The molecule has 0 fully saturated rings. The molecule has 5 rings (SSSR count). The van der Waals surface area contributed by atoms with Gasteiger partial charge >= 0.3 is 12.1 Å². The number of nitrogens with zero attached hydrogens (tertiary/aromatic N) is 2. The zero-order valence-corrected chi connectivity index (χ0v) is 22.3. The molecule has 0 saturated carbocycles. The van der Waals surface area contributed by atoms with Gasteiger partial charge in [0.1, 0.15) is 23.4 Å². The lowest BCUT2D eigenvalue weighted by Gasteiger charge is -2.35. The number of anilines is 1. The van der Waals surface area contributed by atoms with Crippen LogP contribution in [0.5, 0.6) is 5.75 Å². The quantitative estimate of drug-likeness (QED) is 0.234. The first kappa shape index (κ1) is 28.4. The van der Waals surface area contributed by atoms with Crippen LogP contribution in [0.25, 0.3) is 22.6 Å². The predicted molar refractivity (Wildman–Crippen MR) is 140 cm³/mol. The molecule has 3 aromatic carbocycles. The van der Waals surface area contributed by atoms with Gasteiger partial charge in [0.05, 0.1) is 33.3 Å². The Morgan fingerprint density at radius 3 is 2.56 bits per heavy atom. The lowest BCUT2D eigenvalue weighted by molar-refractivity contribution is -0.138. The molecule has 2 heterocycles. The highest BCUT2D eigenvalue weighted by atomic mass is 35.5. The van der Waals surface area contributed by atoms with Crippen LogP contribution in [0, 0.1) is 5.82 Å². The zero-order chi connectivity index (χ0) is 29.5. The second-order valence-corrected chi connectivity index (χ2v) is 11.4. The number of sulfonamides is 1. The van der Waals surface area contributed by atoms with Crippen molar-refractivity contribution >= 4 is 33.3 Å². The van der Waals surface area contributed by atoms with E-state index in [0.29, 0.717) is 11.6 Å². The largest absolute Gasteiger partial charge is 0.486 e. The van der Waals surface area contributed by atoms with Crippen molar-refractivity contribution in [3.05, 3.63) is 83.1 Å². The number of halogens is 5. The van der Waals surface area contributed by atoms with E-state index in [1.807, 2.05) is 0 Å². The van der Waals surface area contributed by atoms with Gasteiger partial charge in [0.25, 0.3) is 10.0 Å². The summed E-state index contributed by atoms with van der Waals surface area (Å²) in [6.07, 6.45) is -6.05. The molecule has 4 aromatic rings. The molecular formula is C27H19ClF4N2O6S. The molecular weight excluding hydrogens is 592 g/mol. The Morgan fingerprint density at radius 1 is 1.10 bits per heavy atom. The summed E-state index contributed by atoms with van der Waals surface area (Å²) in [5, 5.41) is 13.1. The summed E-state index contributed by atoms with van der Waals surface area (Å²) in [6, 6.07) is 13.1. The topological polar surface area (TPSA) is 110 Å². The fraction of sp³-hybridized carbons (Fsp3) is 0.185. The summed E-state index contributed by atoms with van der Waals surface area (Å²) in [4.78, 5) is 10.5. The standard InChI is InChI=1S/C27H19ClF4N2O6S/c28-19-5-2-6-20(29)26(19)24-13-21(33-40-24)15-7-9-23-22(11-15)34(14-17(39-23)8-10-25(35)36)41(37,38)18-4-1-3-16(12-18)27(30,31)32/h1-7,9,11-13,17H,8,10,14H2,(H,35,36). The highest BCUT2D eigenvalue weighted by molar-refractivity contribution is 7.92. The van der Waals surface area contributed by atoms with Gasteiger partial charge < -0.3 is 14.4 Å². The first-order chi connectivity index (χ1) is 19.3. The predicted octanol–water partition coefficient (Wildman–Crippen LogP) is 6.64. The van der Waals surface area contributed by atoms with E-state index in [0.717, 1.165) is 22.5 Å². The first-order valence-corrected chi connectivity index (χ1v) is 13.8. The van der Waals surface area contributed by atoms with E-state index in [1.165, 1.54) is 42.5 Å². The Labute approximate surface area is 235 Å². The summed E-state index contributed by atoms with van der Waals surface area (Å²) in [6.45, 7) is -0.364. The van der Waals surface area contributed by atoms with Gasteiger partial charge in [-0.3, -0.25) is 9.10 Å². The van der Waals surface area contributed by atoms with Crippen LogP contribution in [-0.4, -0.2) is 37.3 Å². The van der Waals surface area contributed by atoms with Gasteiger partial charge in [0.15, 0.2) is 5.76 Å². The van der Waals surface area contributed by atoms with E-state index < -0.39 is 44.5 Å². The molecule has 0 saturated heterocycles. The highest BCUT2D eigenvalue weighted by Crippen LogP contribution is 2.42. The number of ether oxygens (including phenoxy) is 1. The number of hydrogen-bond donors (Lipinski definition) is 1. The van der Waals surface area contributed by atoms with Crippen LogP contribution < -0.4 is 9.04 Å². The van der Waals surface area contributed by atoms with Crippen molar-refractivity contribution < 1.29 is 45.1 Å². The number of rotatable bonds is 7. The SMILES string of the molecule is O=C(O)CCC1CN(S(=O)(=O)c2cccc(C(F)(F)F)c2)c2cc(-c3cc(-c4c(F)cccc4Cl)on3)ccc2O1. The van der Waals surface area contributed by atoms with E-state index in [1.54, 1.807) is 0 Å². The molecule has 1 aliphatic heterocycles. The Kier molecular flexibility index (Phi) is 7.43. The van der Waals surface area contributed by atoms with Crippen molar-refractivity contribution in [3.63, 3.8) is 0 Å². The molecule has 1 N–H and O–H groups in total. The van der Waals surface area contributed by atoms with Crippen LogP contribution in [0.2, 0.25) is 5.02 Å². The molecule has 41 heavy (non-hydrogen) atoms. The van der Waals surface area contributed by atoms with Crippen molar-refractivity contribution in [1.29, 1.82) is 0 Å². The van der Waals surface area contributed by atoms with Gasteiger partial charge in [-0.15, -0.1) is 0 Å². The molecule has 0 bridgehead atoms. The Morgan fingerprint density at radius 2 is 1.85 bits per heavy atom. The van der Waals surface area contributed by atoms with Crippen molar-refractivity contribution in [2.75, 3.05) is 10.8 Å².